The Morgan fingerprint density at radius 2 is 1.67 bits per heavy atom. The maximum absolute atomic E-state index is 12.9. The van der Waals surface area contributed by atoms with Crippen molar-refractivity contribution in [2.45, 2.75) is 81.2 Å². The minimum absolute atomic E-state index is 0.0627. The zero-order chi connectivity index (χ0) is 19.7. The van der Waals surface area contributed by atoms with E-state index in [4.69, 9.17) is 4.74 Å². The molecule has 0 aromatic carbocycles. The van der Waals surface area contributed by atoms with Gasteiger partial charge in [-0.1, -0.05) is 0 Å². The Balaban J connectivity index is 1.65. The van der Waals surface area contributed by atoms with Gasteiger partial charge in [-0.3, -0.25) is 9.59 Å². The molecule has 0 radical (unpaired) electrons. The standard InChI is InChI=1S/C20H28O7/c1-15(24)7-20-11(16(2,13(15)22)14(23)27-20)3-5-17-8-18(25,6-4-12(17)20)19(26,9-17)10-21/h11-12,21,24-26H,3-10H2,1-2H3/t11-,12-,15+,16?,17+,18-,19-,20+/m0/s1. The van der Waals surface area contributed by atoms with Gasteiger partial charge in [0.2, 0.25) is 0 Å². The van der Waals surface area contributed by atoms with Gasteiger partial charge in [0.05, 0.1) is 12.2 Å². The van der Waals surface area contributed by atoms with Gasteiger partial charge in [-0.05, 0) is 57.8 Å². The average molecular weight is 380 g/mol. The number of carbonyl (C=O) groups excluding carboxylic acids is 2. The van der Waals surface area contributed by atoms with Crippen LogP contribution in [0.2, 0.25) is 0 Å². The van der Waals surface area contributed by atoms with Gasteiger partial charge in [0.25, 0.3) is 0 Å². The molecule has 5 aliphatic rings. The van der Waals surface area contributed by atoms with Gasteiger partial charge in [0.15, 0.2) is 5.78 Å². The van der Waals surface area contributed by atoms with Crippen molar-refractivity contribution < 1.29 is 34.8 Å². The van der Waals surface area contributed by atoms with Crippen LogP contribution in [0.3, 0.4) is 0 Å². The minimum atomic E-state index is -1.64. The Morgan fingerprint density at radius 1 is 1.00 bits per heavy atom. The van der Waals surface area contributed by atoms with E-state index in [1.807, 2.05) is 0 Å². The average Bonchev–Trinajstić information content (AvgIpc) is 2.87. The number of fused-ring (bicyclic) bond motifs is 1. The maximum Gasteiger partial charge on any atom is 0.320 e. The maximum atomic E-state index is 12.9. The van der Waals surface area contributed by atoms with Crippen molar-refractivity contribution >= 4 is 11.8 Å². The van der Waals surface area contributed by atoms with E-state index in [1.165, 1.54) is 6.92 Å². The van der Waals surface area contributed by atoms with Crippen molar-refractivity contribution in [3.8, 4) is 0 Å². The molecule has 4 bridgehead atoms. The Morgan fingerprint density at radius 3 is 2.33 bits per heavy atom. The summed E-state index contributed by atoms with van der Waals surface area (Å²) in [6.45, 7) is 2.56. The van der Waals surface area contributed by atoms with Gasteiger partial charge in [0.1, 0.15) is 22.2 Å². The van der Waals surface area contributed by atoms with Crippen LogP contribution in [0.25, 0.3) is 0 Å². The summed E-state index contributed by atoms with van der Waals surface area (Å²) < 4.78 is 5.99. The molecule has 0 aromatic heterocycles. The molecule has 4 saturated carbocycles. The van der Waals surface area contributed by atoms with Crippen LogP contribution >= 0.6 is 0 Å². The zero-order valence-electron chi connectivity index (χ0n) is 15.8. The monoisotopic (exact) mass is 380 g/mol. The third-order valence-corrected chi connectivity index (χ3v) is 9.10. The highest BCUT2D eigenvalue weighted by Crippen LogP contribution is 2.74. The van der Waals surface area contributed by atoms with Crippen molar-refractivity contribution in [2.75, 3.05) is 6.61 Å². The lowest BCUT2D eigenvalue weighted by atomic mass is 9.44. The fraction of sp³-hybridized carbons (Fsp3) is 0.900. The first kappa shape index (κ1) is 18.0. The van der Waals surface area contributed by atoms with Crippen LogP contribution in [0.4, 0.5) is 0 Å². The Kier molecular flexibility index (Phi) is 3.06. The number of aliphatic hydroxyl groups is 4. The van der Waals surface area contributed by atoms with E-state index >= 15 is 0 Å². The third-order valence-electron chi connectivity index (χ3n) is 9.10. The van der Waals surface area contributed by atoms with Crippen LogP contribution in [-0.4, -0.2) is 61.2 Å². The molecule has 7 heteroatoms. The molecule has 4 aliphatic carbocycles. The molecule has 8 atom stereocenters. The quantitative estimate of drug-likeness (QED) is 0.375. The summed E-state index contributed by atoms with van der Waals surface area (Å²) in [5, 5.41) is 42.7. The first-order chi connectivity index (χ1) is 12.4. The normalized spacial score (nSPS) is 61.4. The predicted molar refractivity (Wildman–Crippen MR) is 91.3 cm³/mol. The number of aliphatic hydroxyl groups excluding tert-OH is 1. The second-order valence-corrected chi connectivity index (χ2v) is 10.4. The number of rotatable bonds is 1. The van der Waals surface area contributed by atoms with Crippen molar-refractivity contribution in [2.24, 2.45) is 22.7 Å². The number of ketones is 1. The molecule has 150 valence electrons. The summed E-state index contributed by atoms with van der Waals surface area (Å²) in [6, 6.07) is 0. The van der Waals surface area contributed by atoms with Gasteiger partial charge >= 0.3 is 5.97 Å². The van der Waals surface area contributed by atoms with Gasteiger partial charge in [0, 0.05) is 18.3 Å². The number of carbonyl (C=O) groups is 2. The van der Waals surface area contributed by atoms with E-state index in [0.717, 1.165) is 0 Å². The molecule has 5 fully saturated rings. The lowest BCUT2D eigenvalue weighted by Crippen LogP contribution is -2.67. The SMILES string of the molecule is CC12C(=O)O[C@]3(C[C@@](C)(O)C1=O)[C@H]2CC[C@@]12C[C@](O)(CO)[C@](O)(CC[C@@H]13)C2. The third kappa shape index (κ3) is 1.70. The number of hydrogen-bond acceptors (Lipinski definition) is 7. The van der Waals surface area contributed by atoms with E-state index in [9.17, 15) is 30.0 Å². The van der Waals surface area contributed by atoms with E-state index in [2.05, 4.69) is 0 Å². The first-order valence-electron chi connectivity index (χ1n) is 9.96. The fourth-order valence-electron chi connectivity index (χ4n) is 8.10. The highest BCUT2D eigenvalue weighted by atomic mass is 16.6. The molecule has 27 heavy (non-hydrogen) atoms. The summed E-state index contributed by atoms with van der Waals surface area (Å²) in [4.78, 5) is 25.8. The first-order valence-corrected chi connectivity index (χ1v) is 9.96. The summed E-state index contributed by atoms with van der Waals surface area (Å²) in [5.74, 6) is -1.46. The highest BCUT2D eigenvalue weighted by molar-refractivity contribution is 6.10. The van der Waals surface area contributed by atoms with Crippen LogP contribution in [0.15, 0.2) is 0 Å². The molecule has 1 saturated heterocycles. The second kappa shape index (κ2) is 4.58. The summed E-state index contributed by atoms with van der Waals surface area (Å²) in [7, 11) is 0. The lowest BCUT2D eigenvalue weighted by Gasteiger charge is -2.60. The molecule has 0 amide bonds. The highest BCUT2D eigenvalue weighted by Gasteiger charge is 2.81. The van der Waals surface area contributed by atoms with Crippen LogP contribution < -0.4 is 0 Å². The van der Waals surface area contributed by atoms with Crippen LogP contribution in [0.5, 0.6) is 0 Å². The van der Waals surface area contributed by atoms with E-state index in [-0.39, 0.29) is 24.7 Å². The number of ether oxygens (including phenoxy) is 1. The Bertz CT molecular complexity index is 761. The van der Waals surface area contributed by atoms with Crippen LogP contribution in [0, 0.1) is 22.7 Å². The fourth-order valence-corrected chi connectivity index (χ4v) is 8.10. The Labute approximate surface area is 157 Å². The van der Waals surface area contributed by atoms with Gasteiger partial charge < -0.3 is 25.2 Å². The molecule has 1 unspecified atom stereocenters. The lowest BCUT2D eigenvalue weighted by molar-refractivity contribution is -0.210. The van der Waals surface area contributed by atoms with E-state index < -0.39 is 51.6 Å². The van der Waals surface area contributed by atoms with E-state index in [1.54, 1.807) is 6.92 Å². The van der Waals surface area contributed by atoms with Gasteiger partial charge in [-0.25, -0.2) is 0 Å². The minimum Gasteiger partial charge on any atom is -0.458 e. The molecule has 0 aromatic rings. The van der Waals surface area contributed by atoms with Crippen molar-refractivity contribution in [1.82, 2.24) is 0 Å². The van der Waals surface area contributed by atoms with Crippen molar-refractivity contribution in [1.29, 1.82) is 0 Å². The number of Topliss-reactive ketones (excluding diaryl/α,β-unsaturated/α-hetero) is 1. The molecule has 4 N–H and O–H groups in total. The van der Waals surface area contributed by atoms with Crippen molar-refractivity contribution in [3.63, 3.8) is 0 Å². The summed E-state index contributed by atoms with van der Waals surface area (Å²) >= 11 is 0. The van der Waals surface area contributed by atoms with Gasteiger partial charge in [-0.2, -0.15) is 0 Å². The van der Waals surface area contributed by atoms with Gasteiger partial charge in [-0.15, -0.1) is 0 Å². The largest absolute Gasteiger partial charge is 0.458 e. The molecule has 1 heterocycles. The van der Waals surface area contributed by atoms with Crippen LogP contribution in [-0.2, 0) is 14.3 Å². The molecular formula is C20H28O7. The van der Waals surface area contributed by atoms with E-state index in [0.29, 0.717) is 32.1 Å². The topological polar surface area (TPSA) is 124 Å². The molecule has 7 nitrogen and oxygen atoms in total. The summed E-state index contributed by atoms with van der Waals surface area (Å²) in [5.41, 5.74) is -7.32. The predicted octanol–water partition coefficient (Wildman–Crippen LogP) is 0.0668. The molecule has 1 spiro atoms. The zero-order valence-corrected chi connectivity index (χ0v) is 15.8. The number of esters is 1. The second-order valence-electron chi connectivity index (χ2n) is 10.4. The molecule has 5 rings (SSSR count). The molecular weight excluding hydrogens is 352 g/mol. The van der Waals surface area contributed by atoms with Crippen molar-refractivity contribution in [3.05, 3.63) is 0 Å². The molecule has 1 aliphatic heterocycles. The van der Waals surface area contributed by atoms with Crippen LogP contribution in [0.1, 0.15) is 58.8 Å². The Hall–Kier alpha value is -1.02. The smallest absolute Gasteiger partial charge is 0.320 e. The number of hydrogen-bond donors (Lipinski definition) is 4. The summed E-state index contributed by atoms with van der Waals surface area (Å²) in [6.07, 6.45) is 2.72.